The molecule has 102 valence electrons. The zero-order valence-electron chi connectivity index (χ0n) is 11.6. The van der Waals surface area contributed by atoms with Gasteiger partial charge in [-0.15, -0.1) is 0 Å². The summed E-state index contributed by atoms with van der Waals surface area (Å²) in [5, 5.41) is 0.691. The Morgan fingerprint density at radius 2 is 2.17 bits per heavy atom. The number of nitrogens with two attached hydrogens (primary N) is 1. The molecule has 0 fully saturated rings. The standard InChI is InChI=1S/C14H25N3S/c1-4-11(3)18-10-14(17-15)8-13-7-6-12(5-2)9-16-13/h6-7,9,11,14,17H,4-5,8,10,15H2,1-3H3. The Balaban J connectivity index is 2.46. The van der Waals surface area contributed by atoms with Gasteiger partial charge in [0.25, 0.3) is 0 Å². The average Bonchev–Trinajstić information content (AvgIpc) is 2.43. The highest BCUT2D eigenvalue weighted by Crippen LogP contribution is 2.16. The molecule has 2 atom stereocenters. The molecule has 0 aliphatic heterocycles. The summed E-state index contributed by atoms with van der Waals surface area (Å²) in [5.41, 5.74) is 5.29. The molecule has 3 N–H and O–H groups in total. The van der Waals surface area contributed by atoms with E-state index < -0.39 is 0 Å². The first-order chi connectivity index (χ1) is 8.69. The predicted octanol–water partition coefficient (Wildman–Crippen LogP) is 2.55. The van der Waals surface area contributed by atoms with Crippen LogP contribution in [0.25, 0.3) is 0 Å². The second-order valence-corrected chi connectivity index (χ2v) is 6.10. The number of nitrogens with zero attached hydrogens (tertiary/aromatic N) is 1. The molecular formula is C14H25N3S. The van der Waals surface area contributed by atoms with Gasteiger partial charge in [0.05, 0.1) is 0 Å². The molecule has 1 heterocycles. The summed E-state index contributed by atoms with van der Waals surface area (Å²) in [4.78, 5) is 4.48. The van der Waals surface area contributed by atoms with Crippen molar-refractivity contribution in [1.29, 1.82) is 0 Å². The molecule has 0 radical (unpaired) electrons. The van der Waals surface area contributed by atoms with E-state index in [4.69, 9.17) is 5.84 Å². The Bertz CT molecular complexity index is 326. The van der Waals surface area contributed by atoms with Crippen LogP contribution in [0.4, 0.5) is 0 Å². The van der Waals surface area contributed by atoms with Crippen LogP contribution < -0.4 is 11.3 Å². The molecule has 1 rings (SSSR count). The smallest absolute Gasteiger partial charge is 0.0420 e. The van der Waals surface area contributed by atoms with Crippen LogP contribution in [-0.2, 0) is 12.8 Å². The van der Waals surface area contributed by atoms with Gasteiger partial charge >= 0.3 is 0 Å². The fourth-order valence-corrected chi connectivity index (χ4v) is 2.61. The maximum Gasteiger partial charge on any atom is 0.0420 e. The Kier molecular flexibility index (Phi) is 7.32. The van der Waals surface area contributed by atoms with E-state index in [0.29, 0.717) is 11.3 Å². The lowest BCUT2D eigenvalue weighted by Crippen LogP contribution is -2.39. The summed E-state index contributed by atoms with van der Waals surface area (Å²) < 4.78 is 0. The zero-order valence-corrected chi connectivity index (χ0v) is 12.5. The molecule has 18 heavy (non-hydrogen) atoms. The topological polar surface area (TPSA) is 50.9 Å². The van der Waals surface area contributed by atoms with Crippen LogP contribution in [0.3, 0.4) is 0 Å². The Morgan fingerprint density at radius 1 is 1.39 bits per heavy atom. The van der Waals surface area contributed by atoms with Gasteiger partial charge in [-0.2, -0.15) is 11.8 Å². The molecule has 0 aromatic carbocycles. The van der Waals surface area contributed by atoms with Crippen molar-refractivity contribution in [1.82, 2.24) is 10.4 Å². The summed E-state index contributed by atoms with van der Waals surface area (Å²) in [6.07, 6.45) is 5.09. The second kappa shape index (κ2) is 8.51. The van der Waals surface area contributed by atoms with Crippen LogP contribution in [0.2, 0.25) is 0 Å². The van der Waals surface area contributed by atoms with Crippen molar-refractivity contribution in [2.45, 2.75) is 51.3 Å². The van der Waals surface area contributed by atoms with E-state index in [1.807, 2.05) is 18.0 Å². The second-order valence-electron chi connectivity index (χ2n) is 4.63. The van der Waals surface area contributed by atoms with Gasteiger partial charge in [-0.3, -0.25) is 16.3 Å². The van der Waals surface area contributed by atoms with Crippen molar-refractivity contribution in [3.8, 4) is 0 Å². The van der Waals surface area contributed by atoms with Gasteiger partial charge in [0.2, 0.25) is 0 Å². The van der Waals surface area contributed by atoms with E-state index in [9.17, 15) is 0 Å². The number of nitrogens with one attached hydrogen (secondary N) is 1. The van der Waals surface area contributed by atoms with Crippen LogP contribution in [0, 0.1) is 0 Å². The minimum atomic E-state index is 0.295. The Morgan fingerprint density at radius 3 is 2.67 bits per heavy atom. The van der Waals surface area contributed by atoms with Crippen molar-refractivity contribution in [3.05, 3.63) is 29.6 Å². The monoisotopic (exact) mass is 267 g/mol. The molecule has 0 aliphatic rings. The number of hydrogen-bond acceptors (Lipinski definition) is 4. The van der Waals surface area contributed by atoms with Crippen molar-refractivity contribution in [2.75, 3.05) is 5.75 Å². The highest BCUT2D eigenvalue weighted by Gasteiger charge is 2.10. The molecule has 0 saturated heterocycles. The molecule has 0 spiro atoms. The number of hydrogen-bond donors (Lipinski definition) is 2. The number of hydrazine groups is 1. The van der Waals surface area contributed by atoms with Crippen molar-refractivity contribution in [2.24, 2.45) is 5.84 Å². The number of pyridine rings is 1. The highest BCUT2D eigenvalue weighted by molar-refractivity contribution is 7.99. The summed E-state index contributed by atoms with van der Waals surface area (Å²) in [6, 6.07) is 4.55. The molecule has 1 aromatic rings. The van der Waals surface area contributed by atoms with E-state index in [1.54, 1.807) is 0 Å². The van der Waals surface area contributed by atoms with Crippen LogP contribution in [0.5, 0.6) is 0 Å². The quantitative estimate of drug-likeness (QED) is 0.561. The van der Waals surface area contributed by atoms with Gasteiger partial charge in [-0.25, -0.2) is 0 Å². The Hall–Kier alpha value is -0.580. The molecule has 0 saturated carbocycles. The van der Waals surface area contributed by atoms with E-state index in [0.717, 1.165) is 24.3 Å². The van der Waals surface area contributed by atoms with E-state index >= 15 is 0 Å². The third-order valence-electron chi connectivity index (χ3n) is 3.14. The lowest BCUT2D eigenvalue weighted by Gasteiger charge is -2.17. The first kappa shape index (κ1) is 15.5. The SMILES string of the molecule is CCc1ccc(CC(CSC(C)CC)NN)nc1. The molecule has 3 nitrogen and oxygen atoms in total. The molecule has 0 aliphatic carbocycles. The maximum atomic E-state index is 5.61. The minimum absolute atomic E-state index is 0.295. The van der Waals surface area contributed by atoms with Gasteiger partial charge in [0, 0.05) is 35.4 Å². The molecule has 0 bridgehead atoms. The van der Waals surface area contributed by atoms with Gasteiger partial charge < -0.3 is 0 Å². The fourth-order valence-electron chi connectivity index (χ4n) is 1.60. The van der Waals surface area contributed by atoms with Gasteiger partial charge in [-0.05, 0) is 24.5 Å². The van der Waals surface area contributed by atoms with E-state index in [-0.39, 0.29) is 0 Å². The lowest BCUT2D eigenvalue weighted by molar-refractivity contribution is 0.568. The first-order valence-electron chi connectivity index (χ1n) is 6.71. The lowest BCUT2D eigenvalue weighted by atomic mass is 10.1. The molecule has 0 amide bonds. The minimum Gasteiger partial charge on any atom is -0.271 e. The molecule has 1 aromatic heterocycles. The summed E-state index contributed by atoms with van der Waals surface area (Å²) in [5.74, 6) is 6.64. The number of thioether (sulfide) groups is 1. The number of rotatable bonds is 8. The molecular weight excluding hydrogens is 242 g/mol. The number of aromatic nitrogens is 1. The van der Waals surface area contributed by atoms with Crippen LogP contribution in [-0.4, -0.2) is 22.0 Å². The number of aryl methyl sites for hydroxylation is 1. The summed E-state index contributed by atoms with van der Waals surface area (Å²) >= 11 is 1.97. The normalized spacial score (nSPS) is 14.4. The van der Waals surface area contributed by atoms with E-state index in [1.165, 1.54) is 12.0 Å². The van der Waals surface area contributed by atoms with Crippen molar-refractivity contribution >= 4 is 11.8 Å². The third kappa shape index (κ3) is 5.38. The van der Waals surface area contributed by atoms with E-state index in [2.05, 4.69) is 43.3 Å². The van der Waals surface area contributed by atoms with Crippen LogP contribution in [0.15, 0.2) is 18.3 Å². The largest absolute Gasteiger partial charge is 0.271 e. The highest BCUT2D eigenvalue weighted by atomic mass is 32.2. The predicted molar refractivity (Wildman–Crippen MR) is 80.6 cm³/mol. The van der Waals surface area contributed by atoms with Gasteiger partial charge in [-0.1, -0.05) is 26.8 Å². The zero-order chi connectivity index (χ0) is 13.4. The average molecular weight is 267 g/mol. The van der Waals surface area contributed by atoms with Gasteiger partial charge in [0.1, 0.15) is 0 Å². The first-order valence-corrected chi connectivity index (χ1v) is 7.76. The fraction of sp³-hybridized carbons (Fsp3) is 0.643. The molecule has 4 heteroatoms. The van der Waals surface area contributed by atoms with Crippen molar-refractivity contribution < 1.29 is 0 Å². The maximum absolute atomic E-state index is 5.61. The van der Waals surface area contributed by atoms with Crippen molar-refractivity contribution in [3.63, 3.8) is 0 Å². The molecule has 2 unspecified atom stereocenters. The van der Waals surface area contributed by atoms with Crippen LogP contribution in [0.1, 0.15) is 38.4 Å². The summed E-state index contributed by atoms with van der Waals surface area (Å²) in [7, 11) is 0. The van der Waals surface area contributed by atoms with Crippen LogP contribution >= 0.6 is 11.8 Å². The third-order valence-corrected chi connectivity index (χ3v) is 4.64. The summed E-state index contributed by atoms with van der Waals surface area (Å²) in [6.45, 7) is 6.61. The Labute approximate surface area is 115 Å². The van der Waals surface area contributed by atoms with Gasteiger partial charge in [0.15, 0.2) is 0 Å².